The molecule has 0 spiro atoms. The van der Waals surface area contributed by atoms with Crippen LogP contribution in [0.15, 0.2) is 48.5 Å². The number of rotatable bonds is 4. The highest BCUT2D eigenvalue weighted by molar-refractivity contribution is 6.30. The normalized spacial score (nSPS) is 17.5. The number of hydrogen-bond donors (Lipinski definition) is 1. The second-order valence-electron chi connectivity index (χ2n) is 8.04. The molecule has 6 nitrogen and oxygen atoms in total. The molecule has 0 unspecified atom stereocenters. The monoisotopic (exact) mass is 426 g/mol. The van der Waals surface area contributed by atoms with E-state index in [0.717, 1.165) is 31.5 Å². The van der Waals surface area contributed by atoms with Crippen molar-refractivity contribution in [3.63, 3.8) is 0 Å². The second kappa shape index (κ2) is 8.96. The van der Waals surface area contributed by atoms with Gasteiger partial charge >= 0.3 is 12.1 Å². The summed E-state index contributed by atoms with van der Waals surface area (Å²) in [5, 5.41) is 3.49. The zero-order valence-electron chi connectivity index (χ0n) is 17.2. The first kappa shape index (κ1) is 20.5. The Hall–Kier alpha value is -2.73. The third kappa shape index (κ3) is 4.70. The Kier molecular flexibility index (Phi) is 6.13. The number of halogens is 1. The summed E-state index contributed by atoms with van der Waals surface area (Å²) in [5.74, 6) is 0. The van der Waals surface area contributed by atoms with Crippen molar-refractivity contribution in [1.29, 1.82) is 0 Å². The number of benzene rings is 2. The lowest BCUT2D eigenvalue weighted by Crippen LogP contribution is -2.49. The summed E-state index contributed by atoms with van der Waals surface area (Å²) < 4.78 is 0. The number of piperidine rings is 1. The van der Waals surface area contributed by atoms with Crippen LogP contribution in [0.4, 0.5) is 15.3 Å². The Bertz CT molecular complexity index is 910. The molecule has 7 heteroatoms. The molecule has 30 heavy (non-hydrogen) atoms. The molecule has 2 aliphatic heterocycles. The Morgan fingerprint density at radius 1 is 1.07 bits per heavy atom. The molecule has 4 amide bonds. The van der Waals surface area contributed by atoms with Gasteiger partial charge in [0.2, 0.25) is 0 Å². The van der Waals surface area contributed by atoms with E-state index in [2.05, 4.69) is 36.5 Å². The number of hydrogen-bond acceptors (Lipinski definition) is 2. The van der Waals surface area contributed by atoms with Crippen LogP contribution in [0.25, 0.3) is 0 Å². The molecule has 0 atom stereocenters. The van der Waals surface area contributed by atoms with Crippen LogP contribution in [0, 0.1) is 6.92 Å². The first-order valence-electron chi connectivity index (χ1n) is 10.4. The van der Waals surface area contributed by atoms with E-state index in [4.69, 9.17) is 11.6 Å². The number of aryl methyl sites for hydroxylation is 1. The minimum atomic E-state index is -0.121. The molecule has 0 radical (unpaired) electrons. The quantitative estimate of drug-likeness (QED) is 0.777. The first-order chi connectivity index (χ1) is 14.5. The van der Waals surface area contributed by atoms with Crippen LogP contribution < -0.4 is 5.32 Å². The average Bonchev–Trinajstić information content (AvgIpc) is 3.10. The van der Waals surface area contributed by atoms with E-state index in [0.29, 0.717) is 30.3 Å². The maximum absolute atomic E-state index is 12.9. The van der Waals surface area contributed by atoms with Crippen LogP contribution >= 0.6 is 11.6 Å². The lowest BCUT2D eigenvalue weighted by atomic mass is 10.0. The summed E-state index contributed by atoms with van der Waals surface area (Å²) in [7, 11) is 0. The van der Waals surface area contributed by atoms with E-state index in [9.17, 15) is 9.59 Å². The maximum atomic E-state index is 12.9. The van der Waals surface area contributed by atoms with Crippen LogP contribution in [-0.4, -0.2) is 59.0 Å². The molecule has 2 aromatic rings. The minimum absolute atomic E-state index is 0.109. The van der Waals surface area contributed by atoms with Gasteiger partial charge in [-0.1, -0.05) is 47.5 Å². The molecule has 2 aliphatic rings. The van der Waals surface area contributed by atoms with Crippen molar-refractivity contribution < 1.29 is 9.59 Å². The molecule has 2 aromatic carbocycles. The average molecular weight is 427 g/mol. The third-order valence-electron chi connectivity index (χ3n) is 5.89. The predicted molar refractivity (Wildman–Crippen MR) is 119 cm³/mol. The highest BCUT2D eigenvalue weighted by Crippen LogP contribution is 2.23. The van der Waals surface area contributed by atoms with Gasteiger partial charge in [-0.25, -0.2) is 9.59 Å². The summed E-state index contributed by atoms with van der Waals surface area (Å²) in [6, 6.07) is 15.7. The van der Waals surface area contributed by atoms with E-state index in [1.54, 1.807) is 12.1 Å². The number of likely N-dealkylation sites (tertiary alicyclic amines) is 1. The van der Waals surface area contributed by atoms with E-state index in [1.165, 1.54) is 5.56 Å². The molecule has 2 saturated heterocycles. The topological polar surface area (TPSA) is 55.9 Å². The highest BCUT2D eigenvalue weighted by Gasteiger charge is 2.35. The Balaban J connectivity index is 1.28. The zero-order chi connectivity index (χ0) is 21.1. The zero-order valence-corrected chi connectivity index (χ0v) is 17.9. The van der Waals surface area contributed by atoms with E-state index in [-0.39, 0.29) is 18.1 Å². The van der Waals surface area contributed by atoms with Gasteiger partial charge in [-0.2, -0.15) is 0 Å². The molecule has 0 aliphatic carbocycles. The summed E-state index contributed by atoms with van der Waals surface area (Å²) in [6.07, 6.45) is 1.60. The smallest absolute Gasteiger partial charge is 0.321 e. The number of anilines is 1. The number of nitrogens with one attached hydrogen (secondary N) is 1. The molecule has 2 heterocycles. The molecule has 0 aromatic heterocycles. The lowest BCUT2D eigenvalue weighted by Gasteiger charge is -2.36. The van der Waals surface area contributed by atoms with Gasteiger partial charge < -0.3 is 20.0 Å². The Labute approximate surface area is 182 Å². The first-order valence-corrected chi connectivity index (χ1v) is 10.8. The minimum Gasteiger partial charge on any atom is -0.324 e. The van der Waals surface area contributed by atoms with E-state index < -0.39 is 0 Å². The number of nitrogens with zero attached hydrogens (tertiary/aromatic N) is 3. The number of urea groups is 2. The van der Waals surface area contributed by atoms with Gasteiger partial charge in [0.25, 0.3) is 0 Å². The van der Waals surface area contributed by atoms with Crippen LogP contribution in [-0.2, 0) is 6.54 Å². The highest BCUT2D eigenvalue weighted by atomic mass is 35.5. The molecule has 0 saturated carbocycles. The van der Waals surface area contributed by atoms with Gasteiger partial charge in [0.15, 0.2) is 0 Å². The van der Waals surface area contributed by atoms with Gasteiger partial charge in [-0.05, 0) is 43.5 Å². The van der Waals surface area contributed by atoms with Crippen molar-refractivity contribution in [3.05, 3.63) is 64.7 Å². The van der Waals surface area contributed by atoms with E-state index in [1.807, 2.05) is 26.8 Å². The van der Waals surface area contributed by atoms with Gasteiger partial charge in [-0.3, -0.25) is 0 Å². The van der Waals surface area contributed by atoms with Crippen LogP contribution in [0.1, 0.15) is 24.0 Å². The standard InChI is InChI=1S/C23H27ClN4O2/c1-17-5-7-18(8-6-17)16-27-13-14-28(23(27)30)21-9-11-26(12-10-21)22(29)25-20-4-2-3-19(24)15-20/h2-8,15,21H,9-14,16H2,1H3,(H,25,29). The fraction of sp³-hybridized carbons (Fsp3) is 0.391. The van der Waals surface area contributed by atoms with Gasteiger partial charge in [0.05, 0.1) is 0 Å². The summed E-state index contributed by atoms with van der Waals surface area (Å²) >= 11 is 5.98. The molecular weight excluding hydrogens is 400 g/mol. The molecule has 158 valence electrons. The van der Waals surface area contributed by atoms with Crippen molar-refractivity contribution in [2.45, 2.75) is 32.4 Å². The predicted octanol–water partition coefficient (Wildman–Crippen LogP) is 4.58. The molecule has 0 bridgehead atoms. The van der Waals surface area contributed by atoms with Crippen LogP contribution in [0.2, 0.25) is 5.02 Å². The van der Waals surface area contributed by atoms with Crippen molar-refractivity contribution in [2.24, 2.45) is 0 Å². The van der Waals surface area contributed by atoms with Crippen molar-refractivity contribution in [1.82, 2.24) is 14.7 Å². The van der Waals surface area contributed by atoms with Gasteiger partial charge in [0, 0.05) is 49.5 Å². The number of carbonyl (C=O) groups is 2. The number of carbonyl (C=O) groups excluding carboxylic acids is 2. The summed E-state index contributed by atoms with van der Waals surface area (Å²) in [4.78, 5) is 31.2. The maximum Gasteiger partial charge on any atom is 0.321 e. The molecule has 1 N–H and O–H groups in total. The second-order valence-corrected chi connectivity index (χ2v) is 8.48. The fourth-order valence-corrected chi connectivity index (χ4v) is 4.34. The van der Waals surface area contributed by atoms with Gasteiger partial charge in [0.1, 0.15) is 0 Å². The number of amides is 4. The van der Waals surface area contributed by atoms with Crippen molar-refractivity contribution >= 4 is 29.4 Å². The summed E-state index contributed by atoms with van der Waals surface area (Å²) in [5.41, 5.74) is 3.07. The van der Waals surface area contributed by atoms with Gasteiger partial charge in [-0.15, -0.1) is 0 Å². The van der Waals surface area contributed by atoms with Crippen LogP contribution in [0.5, 0.6) is 0 Å². The van der Waals surface area contributed by atoms with Crippen molar-refractivity contribution in [2.75, 3.05) is 31.5 Å². The molecular formula is C23H27ClN4O2. The third-order valence-corrected chi connectivity index (χ3v) is 6.12. The van der Waals surface area contributed by atoms with Crippen molar-refractivity contribution in [3.8, 4) is 0 Å². The van der Waals surface area contributed by atoms with Crippen LogP contribution in [0.3, 0.4) is 0 Å². The molecule has 4 rings (SSSR count). The lowest BCUT2D eigenvalue weighted by molar-refractivity contribution is 0.139. The van der Waals surface area contributed by atoms with E-state index >= 15 is 0 Å². The summed E-state index contributed by atoms with van der Waals surface area (Å²) in [6.45, 7) is 5.49. The Morgan fingerprint density at radius 3 is 2.50 bits per heavy atom. The SMILES string of the molecule is Cc1ccc(CN2CCN(C3CCN(C(=O)Nc4cccc(Cl)c4)CC3)C2=O)cc1. The molecule has 2 fully saturated rings. The Morgan fingerprint density at radius 2 is 1.80 bits per heavy atom. The fourth-order valence-electron chi connectivity index (χ4n) is 4.15. The largest absolute Gasteiger partial charge is 0.324 e.